The van der Waals surface area contributed by atoms with Crippen LogP contribution in [0.5, 0.6) is 0 Å². The Bertz CT molecular complexity index is 695. The van der Waals surface area contributed by atoms with E-state index in [0.29, 0.717) is 5.92 Å². The lowest BCUT2D eigenvalue weighted by molar-refractivity contribution is 0.682. The molecule has 4 rings (SSSR count). The lowest BCUT2D eigenvalue weighted by Gasteiger charge is -2.21. The van der Waals surface area contributed by atoms with Crippen LogP contribution in [0.2, 0.25) is 0 Å². The molecule has 0 atom stereocenters. The average molecular weight is 289 g/mol. The maximum atomic E-state index is 4.75. The largest absolute Gasteiger partial charge is 0.337 e. The van der Waals surface area contributed by atoms with E-state index in [1.54, 1.807) is 5.56 Å². The van der Waals surface area contributed by atoms with Gasteiger partial charge in [0.15, 0.2) is 0 Å². The molecule has 1 aliphatic carbocycles. The predicted molar refractivity (Wildman–Crippen MR) is 87.6 cm³/mol. The highest BCUT2D eigenvalue weighted by Crippen LogP contribution is 2.35. The highest BCUT2D eigenvalue weighted by molar-refractivity contribution is 6.07. The van der Waals surface area contributed by atoms with Gasteiger partial charge in [0.05, 0.1) is 18.0 Å². The molecule has 0 radical (unpaired) electrons. The minimum Gasteiger partial charge on any atom is -0.337 e. The molecule has 1 aliphatic heterocycles. The third-order valence-electron chi connectivity index (χ3n) is 4.60. The Morgan fingerprint density at radius 3 is 2.85 bits per heavy atom. The number of aryl methyl sites for hydroxylation is 1. The summed E-state index contributed by atoms with van der Waals surface area (Å²) in [6, 6.07) is 7.04. The summed E-state index contributed by atoms with van der Waals surface area (Å²) in [5, 5.41) is 1.48. The summed E-state index contributed by atoms with van der Waals surface area (Å²) in [6.45, 7) is 6.55. The van der Waals surface area contributed by atoms with Crippen LogP contribution in [0.25, 0.3) is 10.9 Å². The number of hydrogen-bond acceptors (Lipinski definition) is 1. The van der Waals surface area contributed by atoms with E-state index in [9.17, 15) is 0 Å². The van der Waals surface area contributed by atoms with Gasteiger partial charge in [0, 0.05) is 17.4 Å². The van der Waals surface area contributed by atoms with Gasteiger partial charge in [-0.1, -0.05) is 19.9 Å². The molecule has 0 saturated carbocycles. The number of hydrogen-bond donors (Lipinski definition) is 0. The lowest BCUT2D eigenvalue weighted by Crippen LogP contribution is -2.22. The molecular formula is C17H21ClN2. The minimum absolute atomic E-state index is 0. The first-order valence-corrected chi connectivity index (χ1v) is 7.44. The number of rotatable bonds is 1. The zero-order chi connectivity index (χ0) is 13.0. The molecule has 1 aromatic carbocycles. The van der Waals surface area contributed by atoms with E-state index in [4.69, 9.17) is 4.99 Å². The Labute approximate surface area is 126 Å². The first-order chi connectivity index (χ1) is 9.25. The van der Waals surface area contributed by atoms with Crippen molar-refractivity contribution in [3.8, 4) is 0 Å². The summed E-state index contributed by atoms with van der Waals surface area (Å²) >= 11 is 0. The van der Waals surface area contributed by atoms with Gasteiger partial charge in [0.2, 0.25) is 0 Å². The van der Waals surface area contributed by atoms with Gasteiger partial charge in [-0.05, 0) is 48.4 Å². The van der Waals surface area contributed by atoms with Gasteiger partial charge in [0.25, 0.3) is 0 Å². The van der Waals surface area contributed by atoms with Crippen molar-refractivity contribution in [2.24, 2.45) is 4.99 Å². The van der Waals surface area contributed by atoms with Crippen molar-refractivity contribution in [2.45, 2.75) is 45.6 Å². The number of aliphatic imine (C=N–C) groups is 1. The van der Waals surface area contributed by atoms with Crippen LogP contribution in [0.3, 0.4) is 0 Å². The molecule has 0 unspecified atom stereocenters. The predicted octanol–water partition coefficient (Wildman–Crippen LogP) is 4.33. The van der Waals surface area contributed by atoms with E-state index in [1.807, 2.05) is 0 Å². The van der Waals surface area contributed by atoms with Gasteiger partial charge < -0.3 is 4.57 Å². The second kappa shape index (κ2) is 4.92. The summed E-state index contributed by atoms with van der Waals surface area (Å²) in [7, 11) is 0. The number of nitrogens with zero attached hydrogens (tertiary/aromatic N) is 2. The number of halogens is 1. The minimum atomic E-state index is 0. The van der Waals surface area contributed by atoms with Crippen LogP contribution in [0.15, 0.2) is 23.2 Å². The SMILES string of the molecule is CC(C)c1ccc2c(c1)c1c3n2CCN=C3CCC1.Cl. The zero-order valence-electron chi connectivity index (χ0n) is 12.1. The van der Waals surface area contributed by atoms with Gasteiger partial charge in [-0.2, -0.15) is 0 Å². The van der Waals surface area contributed by atoms with Gasteiger partial charge in [0.1, 0.15) is 0 Å². The summed E-state index contributed by atoms with van der Waals surface area (Å²) in [4.78, 5) is 4.75. The fraction of sp³-hybridized carbons (Fsp3) is 0.471. The molecule has 2 aliphatic rings. The lowest BCUT2D eigenvalue weighted by atomic mass is 9.92. The summed E-state index contributed by atoms with van der Waals surface area (Å²) in [5.74, 6) is 0.602. The molecule has 0 spiro atoms. The van der Waals surface area contributed by atoms with E-state index in [-0.39, 0.29) is 12.4 Å². The van der Waals surface area contributed by atoms with Crippen LogP contribution in [0, 0.1) is 0 Å². The number of fused-ring (bicyclic) bond motifs is 3. The van der Waals surface area contributed by atoms with Crippen LogP contribution in [0.4, 0.5) is 0 Å². The second-order valence-corrected chi connectivity index (χ2v) is 6.09. The molecule has 0 amide bonds. The van der Waals surface area contributed by atoms with Crippen molar-refractivity contribution in [1.29, 1.82) is 0 Å². The van der Waals surface area contributed by atoms with Gasteiger partial charge in [-0.25, -0.2) is 0 Å². The molecule has 2 heterocycles. The fourth-order valence-corrected chi connectivity index (χ4v) is 3.61. The second-order valence-electron chi connectivity index (χ2n) is 6.09. The molecule has 0 saturated heterocycles. The van der Waals surface area contributed by atoms with Gasteiger partial charge in [-0.3, -0.25) is 4.99 Å². The van der Waals surface area contributed by atoms with Crippen molar-refractivity contribution in [3.05, 3.63) is 35.0 Å². The smallest absolute Gasteiger partial charge is 0.0665 e. The molecule has 0 N–H and O–H groups in total. The molecule has 2 nitrogen and oxygen atoms in total. The average Bonchev–Trinajstić information content (AvgIpc) is 2.76. The fourth-order valence-electron chi connectivity index (χ4n) is 3.61. The Balaban J connectivity index is 0.00000121. The molecule has 1 aromatic heterocycles. The quantitative estimate of drug-likeness (QED) is 0.743. The standard InChI is InChI=1S/C17H20N2.ClH/c1-11(2)12-6-7-16-14(10-12)13-4-3-5-15-17(13)19(16)9-8-18-15;/h6-7,10-11H,3-5,8-9H2,1-2H3;1H. The van der Waals surface area contributed by atoms with Crippen molar-refractivity contribution in [3.63, 3.8) is 0 Å². The van der Waals surface area contributed by atoms with Crippen LogP contribution >= 0.6 is 12.4 Å². The summed E-state index contributed by atoms with van der Waals surface area (Å²) in [5.41, 5.74) is 7.24. The van der Waals surface area contributed by atoms with E-state index in [0.717, 1.165) is 13.1 Å². The molecule has 3 heteroatoms. The van der Waals surface area contributed by atoms with Crippen molar-refractivity contribution < 1.29 is 0 Å². The Kier molecular flexibility index (Phi) is 3.37. The maximum absolute atomic E-state index is 4.75. The normalized spacial score (nSPS) is 16.9. The highest BCUT2D eigenvalue weighted by Gasteiger charge is 2.26. The molecular weight excluding hydrogens is 268 g/mol. The van der Waals surface area contributed by atoms with Crippen LogP contribution in [0.1, 0.15) is 49.4 Å². The summed E-state index contributed by atoms with van der Waals surface area (Å²) in [6.07, 6.45) is 3.65. The molecule has 106 valence electrons. The summed E-state index contributed by atoms with van der Waals surface area (Å²) < 4.78 is 2.51. The van der Waals surface area contributed by atoms with Gasteiger partial charge >= 0.3 is 0 Å². The molecule has 0 bridgehead atoms. The van der Waals surface area contributed by atoms with Crippen molar-refractivity contribution in [1.82, 2.24) is 4.57 Å². The number of benzene rings is 1. The monoisotopic (exact) mass is 288 g/mol. The Morgan fingerprint density at radius 2 is 2.05 bits per heavy atom. The molecule has 2 aromatic rings. The van der Waals surface area contributed by atoms with E-state index < -0.39 is 0 Å². The number of aromatic nitrogens is 1. The van der Waals surface area contributed by atoms with Crippen LogP contribution in [-0.2, 0) is 13.0 Å². The topological polar surface area (TPSA) is 17.3 Å². The zero-order valence-corrected chi connectivity index (χ0v) is 13.0. The maximum Gasteiger partial charge on any atom is 0.0665 e. The van der Waals surface area contributed by atoms with Crippen LogP contribution < -0.4 is 0 Å². The van der Waals surface area contributed by atoms with Crippen molar-refractivity contribution in [2.75, 3.05) is 6.54 Å². The van der Waals surface area contributed by atoms with Crippen molar-refractivity contribution >= 4 is 29.0 Å². The first-order valence-electron chi connectivity index (χ1n) is 7.44. The van der Waals surface area contributed by atoms with E-state index in [2.05, 4.69) is 36.6 Å². The molecule has 20 heavy (non-hydrogen) atoms. The third-order valence-corrected chi connectivity index (χ3v) is 4.60. The highest BCUT2D eigenvalue weighted by atomic mass is 35.5. The first kappa shape index (κ1) is 13.7. The Hall–Kier alpha value is -1.28. The van der Waals surface area contributed by atoms with E-state index in [1.165, 1.54) is 47.1 Å². The van der Waals surface area contributed by atoms with E-state index >= 15 is 0 Å². The van der Waals surface area contributed by atoms with Crippen LogP contribution in [-0.4, -0.2) is 16.8 Å². The molecule has 0 fully saturated rings. The van der Waals surface area contributed by atoms with Gasteiger partial charge in [-0.15, -0.1) is 12.4 Å². The Morgan fingerprint density at radius 1 is 1.20 bits per heavy atom. The third kappa shape index (κ3) is 1.81.